The molecule has 1 N–H and O–H groups in total. The number of para-hydroxylation sites is 1. The van der Waals surface area contributed by atoms with Crippen LogP contribution in [0.15, 0.2) is 78.9 Å². The van der Waals surface area contributed by atoms with Crippen LogP contribution in [0.25, 0.3) is 0 Å². The van der Waals surface area contributed by atoms with Crippen molar-refractivity contribution in [1.29, 1.82) is 0 Å². The number of hydrogen-bond acceptors (Lipinski definition) is 3. The summed E-state index contributed by atoms with van der Waals surface area (Å²) in [6.45, 7) is 0. The van der Waals surface area contributed by atoms with E-state index in [0.717, 1.165) is 11.1 Å². The van der Waals surface area contributed by atoms with Crippen LogP contribution >= 0.6 is 0 Å². The quantitative estimate of drug-likeness (QED) is 0.796. The van der Waals surface area contributed by atoms with Gasteiger partial charge in [0.05, 0.1) is 5.56 Å². The van der Waals surface area contributed by atoms with E-state index in [9.17, 15) is 4.79 Å². The molecule has 1 aliphatic heterocycles. The Hall–Kier alpha value is -3.27. The first-order valence-corrected chi connectivity index (χ1v) is 8.09. The second-order valence-corrected chi connectivity index (χ2v) is 5.76. The molecule has 0 unspecified atom stereocenters. The van der Waals surface area contributed by atoms with Crippen LogP contribution < -0.4 is 14.8 Å². The standard InChI is InChI=1S/C21H17NO3/c1-22-20(23)17-13-8-14-18-19(17)25-21(24-18,15-9-4-2-5-10-15)16-11-6-3-7-12-16/h2-14H,1H3,(H,22,23). The second kappa shape index (κ2) is 5.98. The highest BCUT2D eigenvalue weighted by molar-refractivity contribution is 5.97. The molecule has 0 saturated heterocycles. The van der Waals surface area contributed by atoms with Gasteiger partial charge in [-0.1, -0.05) is 66.7 Å². The zero-order valence-corrected chi connectivity index (χ0v) is 13.7. The normalized spacial score (nSPS) is 14.1. The minimum Gasteiger partial charge on any atom is -0.440 e. The van der Waals surface area contributed by atoms with Gasteiger partial charge < -0.3 is 14.8 Å². The third kappa shape index (κ3) is 2.43. The first-order chi connectivity index (χ1) is 12.2. The van der Waals surface area contributed by atoms with E-state index in [1.807, 2.05) is 66.7 Å². The van der Waals surface area contributed by atoms with Crippen LogP contribution in [0.2, 0.25) is 0 Å². The molecule has 0 saturated carbocycles. The Kier molecular flexibility index (Phi) is 3.65. The van der Waals surface area contributed by atoms with E-state index in [0.29, 0.717) is 17.1 Å². The number of benzene rings is 3. The average molecular weight is 331 g/mol. The molecule has 1 heterocycles. The minimum absolute atomic E-state index is 0.211. The molecule has 25 heavy (non-hydrogen) atoms. The number of carbonyl (C=O) groups excluding carboxylic acids is 1. The minimum atomic E-state index is -1.12. The summed E-state index contributed by atoms with van der Waals surface area (Å²) in [5, 5.41) is 2.64. The molecule has 3 aromatic carbocycles. The van der Waals surface area contributed by atoms with Crippen molar-refractivity contribution in [1.82, 2.24) is 5.32 Å². The van der Waals surface area contributed by atoms with E-state index in [2.05, 4.69) is 5.32 Å². The third-order valence-electron chi connectivity index (χ3n) is 4.26. The van der Waals surface area contributed by atoms with Crippen LogP contribution in [0.4, 0.5) is 0 Å². The van der Waals surface area contributed by atoms with Gasteiger partial charge in [-0.3, -0.25) is 4.79 Å². The molecule has 124 valence electrons. The fourth-order valence-electron chi connectivity index (χ4n) is 3.05. The van der Waals surface area contributed by atoms with E-state index in [1.54, 1.807) is 19.2 Å². The van der Waals surface area contributed by atoms with Gasteiger partial charge in [-0.15, -0.1) is 0 Å². The van der Waals surface area contributed by atoms with Gasteiger partial charge in [0.2, 0.25) is 0 Å². The lowest BCUT2D eigenvalue weighted by Crippen LogP contribution is -2.37. The third-order valence-corrected chi connectivity index (χ3v) is 4.26. The van der Waals surface area contributed by atoms with Crippen molar-refractivity contribution < 1.29 is 14.3 Å². The number of hydrogen-bond donors (Lipinski definition) is 1. The van der Waals surface area contributed by atoms with Crippen molar-refractivity contribution >= 4 is 5.91 Å². The first-order valence-electron chi connectivity index (χ1n) is 8.09. The molecule has 0 spiro atoms. The Bertz CT molecular complexity index is 867. The summed E-state index contributed by atoms with van der Waals surface area (Å²) in [5.74, 6) is -0.324. The van der Waals surface area contributed by atoms with Gasteiger partial charge in [-0.2, -0.15) is 0 Å². The van der Waals surface area contributed by atoms with Crippen molar-refractivity contribution in [2.45, 2.75) is 5.79 Å². The topological polar surface area (TPSA) is 47.6 Å². The van der Waals surface area contributed by atoms with Crippen molar-refractivity contribution in [3.63, 3.8) is 0 Å². The molecule has 1 amide bonds. The van der Waals surface area contributed by atoms with E-state index >= 15 is 0 Å². The highest BCUT2D eigenvalue weighted by Gasteiger charge is 2.46. The fraction of sp³-hybridized carbons (Fsp3) is 0.0952. The Morgan fingerprint density at radius 3 is 1.96 bits per heavy atom. The van der Waals surface area contributed by atoms with Crippen LogP contribution in [0.1, 0.15) is 21.5 Å². The van der Waals surface area contributed by atoms with Crippen molar-refractivity contribution in [3.8, 4) is 11.5 Å². The van der Waals surface area contributed by atoms with E-state index in [1.165, 1.54) is 0 Å². The monoisotopic (exact) mass is 331 g/mol. The molecule has 4 heteroatoms. The molecule has 0 aromatic heterocycles. The second-order valence-electron chi connectivity index (χ2n) is 5.76. The summed E-state index contributed by atoms with van der Waals surface area (Å²) in [4.78, 5) is 12.2. The summed E-state index contributed by atoms with van der Waals surface area (Å²) in [6, 6.07) is 24.8. The van der Waals surface area contributed by atoms with Crippen LogP contribution in [-0.2, 0) is 5.79 Å². The predicted octanol–water partition coefficient (Wildman–Crippen LogP) is 3.72. The number of fused-ring (bicyclic) bond motifs is 1. The highest BCUT2D eigenvalue weighted by atomic mass is 16.7. The Morgan fingerprint density at radius 2 is 1.40 bits per heavy atom. The molecule has 0 fully saturated rings. The molecular formula is C21H17NO3. The molecule has 0 atom stereocenters. The maximum Gasteiger partial charge on any atom is 0.305 e. The lowest BCUT2D eigenvalue weighted by Gasteiger charge is -2.28. The van der Waals surface area contributed by atoms with Gasteiger partial charge in [-0.25, -0.2) is 0 Å². The van der Waals surface area contributed by atoms with Crippen molar-refractivity contribution in [2.24, 2.45) is 0 Å². The average Bonchev–Trinajstić information content (AvgIpc) is 3.09. The van der Waals surface area contributed by atoms with Gasteiger partial charge >= 0.3 is 5.79 Å². The van der Waals surface area contributed by atoms with Crippen LogP contribution in [0.5, 0.6) is 11.5 Å². The molecule has 0 aliphatic carbocycles. The predicted molar refractivity (Wildman–Crippen MR) is 94.8 cm³/mol. The SMILES string of the molecule is CNC(=O)c1cccc2c1OC(c1ccccc1)(c1ccccc1)O2. The van der Waals surface area contributed by atoms with Crippen LogP contribution in [0, 0.1) is 0 Å². The highest BCUT2D eigenvalue weighted by Crippen LogP contribution is 2.49. The zero-order chi connectivity index (χ0) is 17.3. The summed E-state index contributed by atoms with van der Waals surface area (Å²) in [5.41, 5.74) is 2.18. The number of ether oxygens (including phenoxy) is 2. The number of amides is 1. The van der Waals surface area contributed by atoms with Gasteiger partial charge in [0.1, 0.15) is 0 Å². The van der Waals surface area contributed by atoms with Crippen LogP contribution in [0.3, 0.4) is 0 Å². The van der Waals surface area contributed by atoms with Crippen molar-refractivity contribution in [2.75, 3.05) is 7.05 Å². The van der Waals surface area contributed by atoms with E-state index in [-0.39, 0.29) is 5.91 Å². The number of carbonyl (C=O) groups is 1. The number of rotatable bonds is 3. The van der Waals surface area contributed by atoms with Gasteiger partial charge in [0.25, 0.3) is 5.91 Å². The lowest BCUT2D eigenvalue weighted by molar-refractivity contribution is -0.0461. The molecule has 1 aliphatic rings. The lowest BCUT2D eigenvalue weighted by atomic mass is 9.97. The Morgan fingerprint density at radius 1 is 0.800 bits per heavy atom. The van der Waals surface area contributed by atoms with Gasteiger partial charge in [0.15, 0.2) is 11.5 Å². The first kappa shape index (κ1) is 15.3. The maximum absolute atomic E-state index is 12.2. The Balaban J connectivity index is 1.90. The fourth-order valence-corrected chi connectivity index (χ4v) is 3.05. The van der Waals surface area contributed by atoms with Crippen LogP contribution in [-0.4, -0.2) is 13.0 Å². The molecule has 0 bridgehead atoms. The largest absolute Gasteiger partial charge is 0.440 e. The number of nitrogens with one attached hydrogen (secondary N) is 1. The smallest absolute Gasteiger partial charge is 0.305 e. The summed E-state index contributed by atoms with van der Waals surface area (Å²) in [7, 11) is 1.60. The summed E-state index contributed by atoms with van der Waals surface area (Å²) in [6.07, 6.45) is 0. The molecule has 3 aromatic rings. The molecule has 4 rings (SSSR count). The van der Waals surface area contributed by atoms with Gasteiger partial charge in [0, 0.05) is 18.2 Å². The molecule has 0 radical (unpaired) electrons. The Labute approximate surface area is 146 Å². The summed E-state index contributed by atoms with van der Waals surface area (Å²) < 4.78 is 12.6. The maximum atomic E-state index is 12.2. The van der Waals surface area contributed by atoms with Crippen molar-refractivity contribution in [3.05, 3.63) is 95.6 Å². The summed E-state index contributed by atoms with van der Waals surface area (Å²) >= 11 is 0. The molecule has 4 nitrogen and oxygen atoms in total. The van der Waals surface area contributed by atoms with E-state index < -0.39 is 5.79 Å². The zero-order valence-electron chi connectivity index (χ0n) is 13.7. The molecular weight excluding hydrogens is 314 g/mol. The van der Waals surface area contributed by atoms with Gasteiger partial charge in [-0.05, 0) is 12.1 Å². The van der Waals surface area contributed by atoms with E-state index in [4.69, 9.17) is 9.47 Å².